The van der Waals surface area contributed by atoms with Crippen molar-refractivity contribution in [2.75, 3.05) is 13.2 Å². The van der Waals surface area contributed by atoms with E-state index in [9.17, 15) is 9.90 Å². The Labute approximate surface area is 90.7 Å². The quantitative estimate of drug-likeness (QED) is 0.628. The number of rotatable bonds is 5. The molecule has 88 valence electrons. The summed E-state index contributed by atoms with van der Waals surface area (Å²) in [6, 6.07) is 0. The van der Waals surface area contributed by atoms with Gasteiger partial charge < -0.3 is 15.5 Å². The number of hydrogen-bond donors (Lipinski definition) is 3. The van der Waals surface area contributed by atoms with Gasteiger partial charge in [0.15, 0.2) is 0 Å². The number of hydrogen-bond acceptors (Lipinski definition) is 3. The maximum Gasteiger partial charge on any atom is 0.220 e. The molecule has 0 aliphatic heterocycles. The maximum absolute atomic E-state index is 11.3. The lowest BCUT2D eigenvalue weighted by molar-refractivity contribution is -0.123. The Hall–Kier alpha value is -0.610. The first kappa shape index (κ1) is 12.5. The van der Waals surface area contributed by atoms with E-state index in [2.05, 4.69) is 5.32 Å². The Bertz CT molecular complexity index is 200. The van der Waals surface area contributed by atoms with Crippen molar-refractivity contribution in [3.8, 4) is 0 Å². The first-order valence-electron chi connectivity index (χ1n) is 5.76. The molecule has 4 nitrogen and oxygen atoms in total. The second-order valence-corrected chi connectivity index (χ2v) is 4.39. The van der Waals surface area contributed by atoms with E-state index in [0.717, 1.165) is 25.7 Å². The van der Waals surface area contributed by atoms with Crippen LogP contribution in [-0.2, 0) is 4.79 Å². The van der Waals surface area contributed by atoms with E-state index < -0.39 is 5.60 Å². The van der Waals surface area contributed by atoms with Crippen molar-refractivity contribution in [3.05, 3.63) is 0 Å². The molecule has 0 bridgehead atoms. The summed E-state index contributed by atoms with van der Waals surface area (Å²) in [4.78, 5) is 11.3. The lowest BCUT2D eigenvalue weighted by Gasteiger charge is -2.32. The molecular formula is C11H21NO3. The molecule has 1 saturated carbocycles. The maximum atomic E-state index is 11.3. The van der Waals surface area contributed by atoms with E-state index in [1.165, 1.54) is 6.42 Å². The van der Waals surface area contributed by atoms with E-state index in [4.69, 9.17) is 5.11 Å². The van der Waals surface area contributed by atoms with Gasteiger partial charge in [0, 0.05) is 19.6 Å². The number of aliphatic hydroxyl groups excluding tert-OH is 1. The zero-order valence-electron chi connectivity index (χ0n) is 9.17. The molecule has 0 unspecified atom stereocenters. The van der Waals surface area contributed by atoms with Crippen LogP contribution in [0.4, 0.5) is 0 Å². The van der Waals surface area contributed by atoms with Crippen LogP contribution in [0.15, 0.2) is 0 Å². The Morgan fingerprint density at radius 1 is 1.27 bits per heavy atom. The van der Waals surface area contributed by atoms with Crippen molar-refractivity contribution in [2.24, 2.45) is 0 Å². The van der Waals surface area contributed by atoms with E-state index >= 15 is 0 Å². The van der Waals surface area contributed by atoms with Crippen molar-refractivity contribution < 1.29 is 15.0 Å². The van der Waals surface area contributed by atoms with Crippen molar-refractivity contribution in [1.82, 2.24) is 5.32 Å². The van der Waals surface area contributed by atoms with Crippen molar-refractivity contribution in [2.45, 2.75) is 50.5 Å². The molecule has 1 fully saturated rings. The largest absolute Gasteiger partial charge is 0.396 e. The molecule has 0 atom stereocenters. The van der Waals surface area contributed by atoms with Crippen LogP contribution in [0.1, 0.15) is 44.9 Å². The third-order valence-electron chi connectivity index (χ3n) is 2.96. The highest BCUT2D eigenvalue weighted by atomic mass is 16.3. The minimum Gasteiger partial charge on any atom is -0.396 e. The summed E-state index contributed by atoms with van der Waals surface area (Å²) in [5.41, 5.74) is -0.687. The van der Waals surface area contributed by atoms with Crippen molar-refractivity contribution in [1.29, 1.82) is 0 Å². The van der Waals surface area contributed by atoms with E-state index in [-0.39, 0.29) is 12.5 Å². The monoisotopic (exact) mass is 215 g/mol. The van der Waals surface area contributed by atoms with Gasteiger partial charge in [0.2, 0.25) is 5.91 Å². The molecular weight excluding hydrogens is 194 g/mol. The minimum absolute atomic E-state index is 0.0394. The molecule has 3 N–H and O–H groups in total. The van der Waals surface area contributed by atoms with E-state index in [1.54, 1.807) is 0 Å². The third kappa shape index (κ3) is 4.62. The third-order valence-corrected chi connectivity index (χ3v) is 2.96. The van der Waals surface area contributed by atoms with Crippen LogP contribution in [0, 0.1) is 0 Å². The van der Waals surface area contributed by atoms with Gasteiger partial charge in [-0.05, 0) is 19.3 Å². The zero-order valence-corrected chi connectivity index (χ0v) is 9.17. The average Bonchev–Trinajstić information content (AvgIpc) is 2.25. The van der Waals surface area contributed by atoms with Gasteiger partial charge in [-0.3, -0.25) is 4.79 Å². The van der Waals surface area contributed by atoms with Crippen LogP contribution in [0.5, 0.6) is 0 Å². The summed E-state index contributed by atoms with van der Waals surface area (Å²) in [7, 11) is 0. The molecule has 0 radical (unpaired) electrons. The fourth-order valence-corrected chi connectivity index (χ4v) is 1.98. The normalized spacial score (nSPS) is 19.9. The molecule has 1 rings (SSSR count). The summed E-state index contributed by atoms with van der Waals surface area (Å²) in [6.45, 7) is 0.398. The summed E-state index contributed by atoms with van der Waals surface area (Å²) in [6.07, 6.45) is 5.67. The SMILES string of the molecule is O=C(CCCO)NCC1(O)CCCCC1. The second-order valence-electron chi connectivity index (χ2n) is 4.39. The fourth-order valence-electron chi connectivity index (χ4n) is 1.98. The summed E-state index contributed by atoms with van der Waals surface area (Å²) >= 11 is 0. The molecule has 1 aliphatic carbocycles. The smallest absolute Gasteiger partial charge is 0.220 e. The van der Waals surface area contributed by atoms with Crippen LogP contribution in [0.3, 0.4) is 0 Å². The molecule has 0 spiro atoms. The molecule has 0 heterocycles. The summed E-state index contributed by atoms with van der Waals surface area (Å²) < 4.78 is 0. The van der Waals surface area contributed by atoms with Crippen molar-refractivity contribution in [3.63, 3.8) is 0 Å². The highest BCUT2D eigenvalue weighted by molar-refractivity contribution is 5.75. The molecule has 0 saturated heterocycles. The van der Waals surface area contributed by atoms with Crippen LogP contribution < -0.4 is 5.32 Å². The Kier molecular flexibility index (Phi) is 5.05. The molecule has 1 aliphatic rings. The highest BCUT2D eigenvalue weighted by Crippen LogP contribution is 2.27. The lowest BCUT2D eigenvalue weighted by Crippen LogP contribution is -2.44. The van der Waals surface area contributed by atoms with Crippen LogP contribution in [-0.4, -0.2) is 34.9 Å². The predicted octanol–water partition coefficient (Wildman–Crippen LogP) is 0.570. The summed E-state index contributed by atoms with van der Waals surface area (Å²) in [5.74, 6) is -0.0805. The molecule has 4 heteroatoms. The van der Waals surface area contributed by atoms with Gasteiger partial charge in [0.1, 0.15) is 0 Å². The van der Waals surface area contributed by atoms with Gasteiger partial charge in [0.25, 0.3) is 0 Å². The topological polar surface area (TPSA) is 69.6 Å². The molecule has 0 aromatic heterocycles. The predicted molar refractivity (Wildman–Crippen MR) is 57.4 cm³/mol. The van der Waals surface area contributed by atoms with Gasteiger partial charge in [-0.25, -0.2) is 0 Å². The number of carbonyl (C=O) groups excluding carboxylic acids is 1. The van der Waals surface area contributed by atoms with Gasteiger partial charge in [-0.15, -0.1) is 0 Å². The minimum atomic E-state index is -0.687. The molecule has 1 amide bonds. The molecule has 0 aromatic carbocycles. The van der Waals surface area contributed by atoms with Gasteiger partial charge in [-0.1, -0.05) is 19.3 Å². The second kappa shape index (κ2) is 6.08. The van der Waals surface area contributed by atoms with Crippen LogP contribution >= 0.6 is 0 Å². The van der Waals surface area contributed by atoms with Gasteiger partial charge in [0.05, 0.1) is 5.60 Å². The number of aliphatic hydroxyl groups is 2. The molecule has 0 aromatic rings. The first-order valence-corrected chi connectivity index (χ1v) is 5.76. The Morgan fingerprint density at radius 2 is 1.93 bits per heavy atom. The first-order chi connectivity index (χ1) is 7.16. The van der Waals surface area contributed by atoms with Gasteiger partial charge >= 0.3 is 0 Å². The lowest BCUT2D eigenvalue weighted by atomic mass is 9.85. The average molecular weight is 215 g/mol. The van der Waals surface area contributed by atoms with E-state index in [0.29, 0.717) is 19.4 Å². The fraction of sp³-hybridized carbons (Fsp3) is 0.909. The van der Waals surface area contributed by atoms with Crippen molar-refractivity contribution >= 4 is 5.91 Å². The van der Waals surface area contributed by atoms with E-state index in [1.807, 2.05) is 0 Å². The zero-order chi connectivity index (χ0) is 11.1. The summed E-state index contributed by atoms with van der Waals surface area (Å²) in [5, 5.41) is 21.4. The molecule has 15 heavy (non-hydrogen) atoms. The standard InChI is InChI=1S/C11H21NO3/c13-8-4-5-10(14)12-9-11(15)6-2-1-3-7-11/h13,15H,1-9H2,(H,12,14). The number of nitrogens with one attached hydrogen (secondary N) is 1. The number of carbonyl (C=O) groups is 1. The Balaban J connectivity index is 2.19. The Morgan fingerprint density at radius 3 is 2.53 bits per heavy atom. The van der Waals surface area contributed by atoms with Crippen LogP contribution in [0.2, 0.25) is 0 Å². The highest BCUT2D eigenvalue weighted by Gasteiger charge is 2.29. The van der Waals surface area contributed by atoms with Gasteiger partial charge in [-0.2, -0.15) is 0 Å². The number of amides is 1. The van der Waals surface area contributed by atoms with Crippen LogP contribution in [0.25, 0.3) is 0 Å².